The highest BCUT2D eigenvalue weighted by Gasteiger charge is 2.26. The Hall–Kier alpha value is -1.56. The lowest BCUT2D eigenvalue weighted by Gasteiger charge is -2.30. The lowest BCUT2D eigenvalue weighted by molar-refractivity contribution is -0.145. The maximum atomic E-state index is 12.7. The zero-order valence-electron chi connectivity index (χ0n) is 10.9. The van der Waals surface area contributed by atoms with Crippen molar-refractivity contribution in [2.45, 2.75) is 17.7 Å². The van der Waals surface area contributed by atoms with Gasteiger partial charge < -0.3 is 10.0 Å². The molecule has 1 aromatic carbocycles. The van der Waals surface area contributed by atoms with Crippen LogP contribution in [-0.2, 0) is 9.59 Å². The maximum absolute atomic E-state index is 12.7. The summed E-state index contributed by atoms with van der Waals surface area (Å²) in [6.07, 6.45) is 1.03. The third-order valence-corrected chi connectivity index (χ3v) is 4.37. The van der Waals surface area contributed by atoms with Gasteiger partial charge >= 0.3 is 5.97 Å². The van der Waals surface area contributed by atoms with Crippen molar-refractivity contribution in [1.82, 2.24) is 4.90 Å². The Morgan fingerprint density at radius 3 is 2.40 bits per heavy atom. The molecule has 0 aromatic heterocycles. The summed E-state index contributed by atoms with van der Waals surface area (Å²) in [5, 5.41) is 8.90. The molecule has 1 heterocycles. The number of nitrogens with zero attached hydrogens (tertiary/aromatic N) is 1. The number of amides is 1. The highest BCUT2D eigenvalue weighted by molar-refractivity contribution is 8.00. The first-order valence-corrected chi connectivity index (χ1v) is 7.44. The Bertz CT molecular complexity index is 484. The average Bonchev–Trinajstić information content (AvgIpc) is 2.46. The summed E-state index contributed by atoms with van der Waals surface area (Å²) >= 11 is 1.36. The lowest BCUT2D eigenvalue weighted by atomic mass is 9.97. The van der Waals surface area contributed by atoms with Crippen LogP contribution in [0.3, 0.4) is 0 Å². The van der Waals surface area contributed by atoms with E-state index in [1.54, 1.807) is 17.0 Å². The quantitative estimate of drug-likeness (QED) is 0.866. The molecule has 1 fully saturated rings. The summed E-state index contributed by atoms with van der Waals surface area (Å²) in [6.45, 7) is 1.000. The number of likely N-dealkylation sites (tertiary alicyclic amines) is 1. The molecule has 0 unspecified atom stereocenters. The first-order valence-electron chi connectivity index (χ1n) is 6.45. The third kappa shape index (κ3) is 3.96. The Kier molecular flexibility index (Phi) is 5.00. The van der Waals surface area contributed by atoms with Gasteiger partial charge in [-0.3, -0.25) is 9.59 Å². The van der Waals surface area contributed by atoms with E-state index in [0.29, 0.717) is 31.7 Å². The van der Waals surface area contributed by atoms with Crippen molar-refractivity contribution < 1.29 is 19.1 Å². The van der Waals surface area contributed by atoms with Gasteiger partial charge in [0, 0.05) is 18.0 Å². The number of rotatable bonds is 4. The van der Waals surface area contributed by atoms with Crippen LogP contribution < -0.4 is 0 Å². The van der Waals surface area contributed by atoms with Crippen molar-refractivity contribution in [3.63, 3.8) is 0 Å². The van der Waals surface area contributed by atoms with E-state index < -0.39 is 5.97 Å². The van der Waals surface area contributed by atoms with Crippen molar-refractivity contribution in [2.24, 2.45) is 5.92 Å². The van der Waals surface area contributed by atoms with Gasteiger partial charge in [0.2, 0.25) is 5.91 Å². The van der Waals surface area contributed by atoms with E-state index in [1.807, 2.05) is 0 Å². The van der Waals surface area contributed by atoms with Gasteiger partial charge in [-0.15, -0.1) is 11.8 Å². The van der Waals surface area contributed by atoms with Gasteiger partial charge in [-0.05, 0) is 37.1 Å². The largest absolute Gasteiger partial charge is 0.481 e. The van der Waals surface area contributed by atoms with Gasteiger partial charge in [-0.1, -0.05) is 0 Å². The number of carboxylic acids is 1. The molecule has 1 aromatic rings. The minimum absolute atomic E-state index is 0.00293. The molecule has 0 radical (unpaired) electrons. The molecule has 20 heavy (non-hydrogen) atoms. The fourth-order valence-corrected chi connectivity index (χ4v) is 2.94. The van der Waals surface area contributed by atoms with Gasteiger partial charge in [-0.2, -0.15) is 0 Å². The zero-order chi connectivity index (χ0) is 14.5. The second kappa shape index (κ2) is 6.74. The highest BCUT2D eigenvalue weighted by atomic mass is 32.2. The van der Waals surface area contributed by atoms with Crippen molar-refractivity contribution >= 4 is 23.6 Å². The summed E-state index contributed by atoms with van der Waals surface area (Å²) in [5.74, 6) is -1.11. The molecule has 0 atom stereocenters. The van der Waals surface area contributed by atoms with Crippen LogP contribution >= 0.6 is 11.8 Å². The maximum Gasteiger partial charge on any atom is 0.306 e. The molecule has 1 saturated heterocycles. The number of benzene rings is 1. The standard InChI is InChI=1S/C14H16FNO3S/c15-11-1-3-12(4-2-11)20-9-13(17)16-7-5-10(6-8-16)14(18)19/h1-4,10H,5-9H2,(H,18,19). The molecule has 6 heteroatoms. The fourth-order valence-electron chi connectivity index (χ4n) is 2.14. The van der Waals surface area contributed by atoms with Crippen LogP contribution in [0, 0.1) is 11.7 Å². The van der Waals surface area contributed by atoms with Crippen LogP contribution in [0.1, 0.15) is 12.8 Å². The Balaban J connectivity index is 1.78. The smallest absolute Gasteiger partial charge is 0.306 e. The molecule has 2 rings (SSSR count). The number of piperidine rings is 1. The third-order valence-electron chi connectivity index (χ3n) is 3.37. The Morgan fingerprint density at radius 1 is 1.25 bits per heavy atom. The van der Waals surface area contributed by atoms with Crippen LogP contribution in [0.15, 0.2) is 29.2 Å². The van der Waals surface area contributed by atoms with E-state index in [2.05, 4.69) is 0 Å². The number of hydrogen-bond acceptors (Lipinski definition) is 3. The Morgan fingerprint density at radius 2 is 1.85 bits per heavy atom. The summed E-state index contributed by atoms with van der Waals surface area (Å²) in [4.78, 5) is 25.4. The number of carboxylic acid groups (broad SMARTS) is 1. The van der Waals surface area contributed by atoms with E-state index in [9.17, 15) is 14.0 Å². The average molecular weight is 297 g/mol. The number of carbonyl (C=O) groups excluding carboxylic acids is 1. The predicted octanol–water partition coefficient (Wildman–Crippen LogP) is 2.24. The summed E-state index contributed by atoms with van der Waals surface area (Å²) in [7, 11) is 0. The first-order chi connectivity index (χ1) is 9.56. The zero-order valence-corrected chi connectivity index (χ0v) is 11.7. The summed E-state index contributed by atoms with van der Waals surface area (Å²) < 4.78 is 12.7. The fraction of sp³-hybridized carbons (Fsp3) is 0.429. The molecule has 1 aliphatic rings. The van der Waals surface area contributed by atoms with E-state index in [4.69, 9.17) is 5.11 Å². The van der Waals surface area contributed by atoms with Crippen LogP contribution in [0.4, 0.5) is 4.39 Å². The minimum Gasteiger partial charge on any atom is -0.481 e. The summed E-state index contributed by atoms with van der Waals surface area (Å²) in [6, 6.07) is 6.02. The molecular weight excluding hydrogens is 281 g/mol. The van der Waals surface area contributed by atoms with Gasteiger partial charge in [0.05, 0.1) is 11.7 Å². The Labute approximate surface area is 121 Å². The van der Waals surface area contributed by atoms with Crippen molar-refractivity contribution in [3.8, 4) is 0 Å². The monoisotopic (exact) mass is 297 g/mol. The van der Waals surface area contributed by atoms with Crippen LogP contribution in [-0.4, -0.2) is 40.7 Å². The number of carbonyl (C=O) groups is 2. The van der Waals surface area contributed by atoms with Crippen molar-refractivity contribution in [1.29, 1.82) is 0 Å². The second-order valence-corrected chi connectivity index (χ2v) is 5.78. The van der Waals surface area contributed by atoms with Crippen molar-refractivity contribution in [2.75, 3.05) is 18.8 Å². The normalized spacial score (nSPS) is 16.1. The molecule has 0 saturated carbocycles. The first kappa shape index (κ1) is 14.8. The van der Waals surface area contributed by atoms with Gasteiger partial charge in [0.15, 0.2) is 0 Å². The molecule has 1 N–H and O–H groups in total. The number of aliphatic carboxylic acids is 1. The van der Waals surface area contributed by atoms with Gasteiger partial charge in [0.25, 0.3) is 0 Å². The van der Waals surface area contributed by atoms with E-state index >= 15 is 0 Å². The van der Waals surface area contributed by atoms with Gasteiger partial charge in [0.1, 0.15) is 5.82 Å². The summed E-state index contributed by atoms with van der Waals surface area (Å²) in [5.41, 5.74) is 0. The van der Waals surface area contributed by atoms with Crippen LogP contribution in [0.2, 0.25) is 0 Å². The lowest BCUT2D eigenvalue weighted by Crippen LogP contribution is -2.41. The van der Waals surface area contributed by atoms with Gasteiger partial charge in [-0.25, -0.2) is 4.39 Å². The molecule has 0 aliphatic carbocycles. The number of halogens is 1. The van der Waals surface area contributed by atoms with Crippen LogP contribution in [0.5, 0.6) is 0 Å². The van der Waals surface area contributed by atoms with Crippen LogP contribution in [0.25, 0.3) is 0 Å². The topological polar surface area (TPSA) is 57.6 Å². The minimum atomic E-state index is -0.780. The van der Waals surface area contributed by atoms with E-state index in [0.717, 1.165) is 4.90 Å². The van der Waals surface area contributed by atoms with E-state index in [1.165, 1.54) is 23.9 Å². The molecule has 0 spiro atoms. The SMILES string of the molecule is O=C(O)C1CCN(C(=O)CSc2ccc(F)cc2)CC1. The molecule has 108 valence electrons. The van der Waals surface area contributed by atoms with Crippen molar-refractivity contribution in [3.05, 3.63) is 30.1 Å². The number of hydrogen-bond donors (Lipinski definition) is 1. The predicted molar refractivity (Wildman–Crippen MR) is 74.1 cm³/mol. The molecule has 0 bridgehead atoms. The molecule has 4 nitrogen and oxygen atoms in total. The molecule has 1 aliphatic heterocycles. The van der Waals surface area contributed by atoms with E-state index in [-0.39, 0.29) is 17.6 Å². The highest BCUT2D eigenvalue weighted by Crippen LogP contribution is 2.21. The molecule has 1 amide bonds. The molecular formula is C14H16FNO3S. The number of thioether (sulfide) groups is 1. The second-order valence-electron chi connectivity index (χ2n) is 4.74.